The molecule has 3 rings (SSSR count). The average molecular weight is 309 g/mol. The SMILES string of the molecule is C[C@@H]1CN(Cc2cc(C(=O)O)c3nccn3c2)CCC1(F)F. The average Bonchev–Trinajstić information content (AvgIpc) is 2.90. The van der Waals surface area contributed by atoms with Crippen LogP contribution in [0.4, 0.5) is 8.78 Å². The molecule has 1 saturated heterocycles. The van der Waals surface area contributed by atoms with Crippen molar-refractivity contribution in [2.75, 3.05) is 13.1 Å². The van der Waals surface area contributed by atoms with E-state index in [2.05, 4.69) is 4.98 Å². The summed E-state index contributed by atoms with van der Waals surface area (Å²) in [5, 5.41) is 9.28. The van der Waals surface area contributed by atoms with Crippen LogP contribution in [0.25, 0.3) is 5.65 Å². The lowest BCUT2D eigenvalue weighted by molar-refractivity contribution is -0.100. The van der Waals surface area contributed by atoms with E-state index in [1.165, 1.54) is 6.20 Å². The summed E-state index contributed by atoms with van der Waals surface area (Å²) in [4.78, 5) is 17.3. The van der Waals surface area contributed by atoms with Crippen molar-refractivity contribution in [2.24, 2.45) is 5.92 Å². The van der Waals surface area contributed by atoms with Crippen LogP contribution in [-0.2, 0) is 6.54 Å². The number of carbonyl (C=O) groups is 1. The van der Waals surface area contributed by atoms with Gasteiger partial charge in [0, 0.05) is 50.6 Å². The van der Waals surface area contributed by atoms with E-state index in [1.807, 2.05) is 4.90 Å². The Hall–Kier alpha value is -2.02. The normalized spacial score (nSPS) is 22.0. The van der Waals surface area contributed by atoms with Gasteiger partial charge < -0.3 is 9.51 Å². The molecule has 1 atom stereocenters. The number of fused-ring (bicyclic) bond motifs is 1. The van der Waals surface area contributed by atoms with E-state index >= 15 is 0 Å². The van der Waals surface area contributed by atoms with E-state index in [-0.39, 0.29) is 12.0 Å². The van der Waals surface area contributed by atoms with Crippen molar-refractivity contribution < 1.29 is 18.7 Å². The first-order chi connectivity index (χ1) is 10.4. The molecule has 0 bridgehead atoms. The van der Waals surface area contributed by atoms with Crippen molar-refractivity contribution in [1.29, 1.82) is 0 Å². The number of alkyl halides is 2. The van der Waals surface area contributed by atoms with Gasteiger partial charge in [0.1, 0.15) is 5.56 Å². The predicted octanol–water partition coefficient (Wildman–Crippen LogP) is 2.51. The molecule has 1 N–H and O–H groups in total. The first kappa shape index (κ1) is 14.9. The fourth-order valence-corrected chi connectivity index (χ4v) is 2.90. The van der Waals surface area contributed by atoms with Crippen molar-refractivity contribution in [2.45, 2.75) is 25.8 Å². The zero-order valence-electron chi connectivity index (χ0n) is 12.2. The number of carboxylic acid groups (broad SMARTS) is 1. The van der Waals surface area contributed by atoms with Gasteiger partial charge in [-0.1, -0.05) is 6.92 Å². The third kappa shape index (κ3) is 2.68. The molecule has 0 amide bonds. The van der Waals surface area contributed by atoms with E-state index < -0.39 is 17.8 Å². The molecule has 0 aromatic carbocycles. The molecule has 0 radical (unpaired) electrons. The highest BCUT2D eigenvalue weighted by atomic mass is 19.3. The minimum atomic E-state index is -2.61. The number of hydrogen-bond donors (Lipinski definition) is 1. The molecule has 7 heteroatoms. The Bertz CT molecular complexity index is 714. The van der Waals surface area contributed by atoms with Gasteiger partial charge in [0.25, 0.3) is 5.92 Å². The Balaban J connectivity index is 1.84. The number of halogens is 2. The second kappa shape index (κ2) is 5.31. The predicted molar refractivity (Wildman–Crippen MR) is 76.2 cm³/mol. The number of pyridine rings is 1. The fourth-order valence-electron chi connectivity index (χ4n) is 2.90. The van der Waals surface area contributed by atoms with E-state index in [9.17, 15) is 18.7 Å². The van der Waals surface area contributed by atoms with Crippen LogP contribution in [0.3, 0.4) is 0 Å². The second-order valence-corrected chi connectivity index (χ2v) is 5.87. The van der Waals surface area contributed by atoms with Crippen LogP contribution in [0.15, 0.2) is 24.7 Å². The lowest BCUT2D eigenvalue weighted by Gasteiger charge is -2.36. The van der Waals surface area contributed by atoms with Gasteiger partial charge in [-0.25, -0.2) is 18.6 Å². The Kier molecular flexibility index (Phi) is 3.60. The number of imidazole rings is 1. The molecule has 0 saturated carbocycles. The first-order valence-electron chi connectivity index (χ1n) is 7.16. The summed E-state index contributed by atoms with van der Waals surface area (Å²) in [7, 11) is 0. The molecule has 3 heterocycles. The fraction of sp³-hybridized carbons (Fsp3) is 0.467. The number of rotatable bonds is 3. The van der Waals surface area contributed by atoms with Crippen molar-refractivity contribution in [3.05, 3.63) is 35.8 Å². The van der Waals surface area contributed by atoms with Crippen molar-refractivity contribution in [1.82, 2.24) is 14.3 Å². The molecule has 2 aromatic heterocycles. The smallest absolute Gasteiger partial charge is 0.339 e. The second-order valence-electron chi connectivity index (χ2n) is 5.87. The van der Waals surface area contributed by atoms with Crippen LogP contribution in [0.1, 0.15) is 29.3 Å². The van der Waals surface area contributed by atoms with E-state index in [0.29, 0.717) is 25.3 Å². The summed E-state index contributed by atoms with van der Waals surface area (Å²) in [6, 6.07) is 1.57. The largest absolute Gasteiger partial charge is 0.478 e. The number of aromatic carboxylic acids is 1. The maximum absolute atomic E-state index is 13.5. The van der Waals surface area contributed by atoms with Gasteiger partial charge in [0.15, 0.2) is 5.65 Å². The third-order valence-corrected chi connectivity index (χ3v) is 4.20. The number of nitrogens with zero attached hydrogens (tertiary/aromatic N) is 3. The molecule has 1 fully saturated rings. The van der Waals surface area contributed by atoms with Gasteiger partial charge in [0.2, 0.25) is 0 Å². The van der Waals surface area contributed by atoms with Gasteiger partial charge in [-0.2, -0.15) is 0 Å². The van der Waals surface area contributed by atoms with Crippen LogP contribution in [-0.4, -0.2) is 44.4 Å². The summed E-state index contributed by atoms with van der Waals surface area (Å²) >= 11 is 0. The first-order valence-corrected chi connectivity index (χ1v) is 7.16. The highest BCUT2D eigenvalue weighted by Crippen LogP contribution is 2.33. The van der Waals surface area contributed by atoms with Gasteiger partial charge in [-0.05, 0) is 11.6 Å². The van der Waals surface area contributed by atoms with Crippen LogP contribution in [0.5, 0.6) is 0 Å². The van der Waals surface area contributed by atoms with Gasteiger partial charge in [-0.15, -0.1) is 0 Å². The maximum atomic E-state index is 13.5. The zero-order valence-corrected chi connectivity index (χ0v) is 12.2. The van der Waals surface area contributed by atoms with Gasteiger partial charge in [0.05, 0.1) is 0 Å². The van der Waals surface area contributed by atoms with Crippen molar-refractivity contribution >= 4 is 11.6 Å². The Morgan fingerprint density at radius 1 is 1.55 bits per heavy atom. The number of likely N-dealkylation sites (tertiary alicyclic amines) is 1. The maximum Gasteiger partial charge on any atom is 0.339 e. The van der Waals surface area contributed by atoms with E-state index in [0.717, 1.165) is 5.56 Å². The summed E-state index contributed by atoms with van der Waals surface area (Å²) in [6.45, 7) is 2.61. The number of hydrogen-bond acceptors (Lipinski definition) is 3. The molecule has 5 nitrogen and oxygen atoms in total. The molecule has 1 aliphatic rings. The zero-order chi connectivity index (χ0) is 15.9. The number of piperidine rings is 1. The van der Waals surface area contributed by atoms with E-state index in [1.54, 1.807) is 29.8 Å². The molecule has 0 aliphatic carbocycles. The lowest BCUT2D eigenvalue weighted by atomic mass is 9.95. The molecular weight excluding hydrogens is 292 g/mol. The highest BCUT2D eigenvalue weighted by Gasteiger charge is 2.40. The molecule has 1 aliphatic heterocycles. The molecule has 22 heavy (non-hydrogen) atoms. The molecule has 118 valence electrons. The quantitative estimate of drug-likeness (QED) is 0.946. The van der Waals surface area contributed by atoms with Crippen LogP contribution in [0.2, 0.25) is 0 Å². The van der Waals surface area contributed by atoms with Crippen LogP contribution < -0.4 is 0 Å². The number of carboxylic acids is 1. The standard InChI is InChI=1S/C15H17F2N3O2/c1-10-7-19(4-2-15(10,16)17)8-11-6-12(14(21)22)13-18-3-5-20(13)9-11/h3,5-6,9-10H,2,4,7-8H2,1H3,(H,21,22)/t10-/m1/s1. The lowest BCUT2D eigenvalue weighted by Crippen LogP contribution is -2.45. The van der Waals surface area contributed by atoms with Gasteiger partial charge >= 0.3 is 5.97 Å². The van der Waals surface area contributed by atoms with Crippen molar-refractivity contribution in [3.63, 3.8) is 0 Å². The molecule has 0 unspecified atom stereocenters. The van der Waals surface area contributed by atoms with Gasteiger partial charge in [-0.3, -0.25) is 4.90 Å². The Labute approximate surface area is 126 Å². The summed E-state index contributed by atoms with van der Waals surface area (Å²) < 4.78 is 28.7. The number of aromatic nitrogens is 2. The molecular formula is C15H17F2N3O2. The monoisotopic (exact) mass is 309 g/mol. The minimum absolute atomic E-state index is 0.123. The molecule has 2 aromatic rings. The molecule has 0 spiro atoms. The minimum Gasteiger partial charge on any atom is -0.478 e. The van der Waals surface area contributed by atoms with Crippen LogP contribution in [0, 0.1) is 5.92 Å². The highest BCUT2D eigenvalue weighted by molar-refractivity contribution is 5.94. The summed E-state index contributed by atoms with van der Waals surface area (Å²) in [6.07, 6.45) is 4.85. The van der Waals surface area contributed by atoms with Crippen molar-refractivity contribution in [3.8, 4) is 0 Å². The third-order valence-electron chi connectivity index (χ3n) is 4.20. The topological polar surface area (TPSA) is 57.8 Å². The summed E-state index contributed by atoms with van der Waals surface area (Å²) in [5.41, 5.74) is 1.29. The Morgan fingerprint density at radius 3 is 3.00 bits per heavy atom. The van der Waals surface area contributed by atoms with E-state index in [4.69, 9.17) is 0 Å². The summed E-state index contributed by atoms with van der Waals surface area (Å²) in [5.74, 6) is -4.36. The van der Waals surface area contributed by atoms with Crippen LogP contribution >= 0.6 is 0 Å². The Morgan fingerprint density at radius 2 is 2.32 bits per heavy atom.